The zero-order chi connectivity index (χ0) is 22.5. The number of H-pyrrole nitrogens is 1. The number of ether oxygens (including phenoxy) is 2. The summed E-state index contributed by atoms with van der Waals surface area (Å²) in [6.07, 6.45) is 2.13. The maximum Gasteiger partial charge on any atom is 0.271 e. The van der Waals surface area contributed by atoms with Crippen LogP contribution in [0.1, 0.15) is 27.3 Å². The number of hydrogen-bond acceptors (Lipinski definition) is 5. The number of rotatable bonds is 7. The Kier molecular flexibility index (Phi) is 6.37. The van der Waals surface area contributed by atoms with Crippen molar-refractivity contribution in [1.82, 2.24) is 15.4 Å². The molecule has 2 N–H and O–H groups in total. The molecule has 0 fully saturated rings. The molecular formula is C24H21ClN4O3. The van der Waals surface area contributed by atoms with E-state index in [9.17, 15) is 4.79 Å². The van der Waals surface area contributed by atoms with Crippen molar-refractivity contribution < 1.29 is 14.3 Å². The van der Waals surface area contributed by atoms with Crippen LogP contribution in [0.5, 0.6) is 11.5 Å². The van der Waals surface area contributed by atoms with Gasteiger partial charge in [-0.3, -0.25) is 4.79 Å². The number of amides is 1. The molecule has 0 aliphatic carbocycles. The number of halogens is 1. The van der Waals surface area contributed by atoms with E-state index in [1.165, 1.54) is 0 Å². The minimum absolute atomic E-state index is 0.318. The van der Waals surface area contributed by atoms with Gasteiger partial charge < -0.3 is 14.5 Å². The maximum absolute atomic E-state index is 12.5. The number of hydrazone groups is 1. The van der Waals surface area contributed by atoms with E-state index >= 15 is 0 Å². The number of hydrogen-bond donors (Lipinski definition) is 2. The molecule has 162 valence electrons. The second-order valence-electron chi connectivity index (χ2n) is 7.04. The molecule has 4 rings (SSSR count). The second kappa shape index (κ2) is 9.53. The summed E-state index contributed by atoms with van der Waals surface area (Å²) >= 11 is 5.95. The first kappa shape index (κ1) is 21.4. The largest absolute Gasteiger partial charge is 0.493 e. The molecule has 0 bridgehead atoms. The summed E-state index contributed by atoms with van der Waals surface area (Å²) in [6, 6.07) is 18.2. The van der Waals surface area contributed by atoms with Gasteiger partial charge in [0.15, 0.2) is 11.5 Å². The van der Waals surface area contributed by atoms with Gasteiger partial charge in [0, 0.05) is 17.0 Å². The minimum atomic E-state index is -0.318. The first-order chi connectivity index (χ1) is 15.6. The normalized spacial score (nSPS) is 11.1. The number of carbonyl (C=O) groups is 1. The molecule has 1 heterocycles. The number of fused-ring (bicyclic) bond motifs is 1. The topological polar surface area (TPSA) is 88.6 Å². The molecule has 0 aliphatic rings. The summed E-state index contributed by atoms with van der Waals surface area (Å²) in [7, 11) is 3.21. The first-order valence-corrected chi connectivity index (χ1v) is 10.2. The van der Waals surface area contributed by atoms with E-state index in [0.29, 0.717) is 28.5 Å². The Morgan fingerprint density at radius 1 is 1.09 bits per heavy atom. The fourth-order valence-electron chi connectivity index (χ4n) is 3.29. The Balaban J connectivity index is 1.47. The first-order valence-electron chi connectivity index (χ1n) is 9.84. The molecule has 8 heteroatoms. The Hall–Kier alpha value is -3.84. The summed E-state index contributed by atoms with van der Waals surface area (Å²) in [4.78, 5) is 20.4. The van der Waals surface area contributed by atoms with Crippen molar-refractivity contribution in [2.45, 2.75) is 6.42 Å². The zero-order valence-corrected chi connectivity index (χ0v) is 18.3. The summed E-state index contributed by atoms with van der Waals surface area (Å²) in [5.41, 5.74) is 6.37. The molecule has 0 saturated carbocycles. The predicted molar refractivity (Wildman–Crippen MR) is 125 cm³/mol. The molecule has 0 aliphatic heterocycles. The zero-order valence-electron chi connectivity index (χ0n) is 17.6. The van der Waals surface area contributed by atoms with Gasteiger partial charge in [0.2, 0.25) is 0 Å². The van der Waals surface area contributed by atoms with Gasteiger partial charge in [0.25, 0.3) is 5.91 Å². The molecule has 0 saturated heterocycles. The van der Waals surface area contributed by atoms with Gasteiger partial charge in [0.05, 0.1) is 31.5 Å². The van der Waals surface area contributed by atoms with Crippen LogP contribution >= 0.6 is 11.6 Å². The van der Waals surface area contributed by atoms with Crippen LogP contribution in [0.15, 0.2) is 65.8 Å². The quantitative estimate of drug-likeness (QED) is 0.320. The number of aromatic nitrogens is 2. The smallest absolute Gasteiger partial charge is 0.271 e. The van der Waals surface area contributed by atoms with Crippen LogP contribution in [0.2, 0.25) is 5.02 Å². The number of aromatic amines is 1. The Morgan fingerprint density at radius 2 is 1.94 bits per heavy atom. The number of imidazole rings is 1. The van der Waals surface area contributed by atoms with Crippen molar-refractivity contribution >= 4 is 34.8 Å². The molecule has 0 radical (unpaired) electrons. The standard InChI is InChI=1S/C24H21ClN4O3/c1-31-21-9-6-15(11-22(21)32-2)12-23-27-19-8-7-17(13-20(19)28-23)24(30)29-26-14-16-4-3-5-18(25)10-16/h3-11,13-14H,12H2,1-2H3,(H,27,28)(H,29,30)/b26-14-. The van der Waals surface area contributed by atoms with Gasteiger partial charge in [-0.2, -0.15) is 5.10 Å². The molecule has 0 unspecified atom stereocenters. The van der Waals surface area contributed by atoms with Crippen LogP contribution in [-0.4, -0.2) is 36.3 Å². The van der Waals surface area contributed by atoms with Gasteiger partial charge in [-0.25, -0.2) is 10.4 Å². The number of benzene rings is 3. The number of nitrogens with one attached hydrogen (secondary N) is 2. The summed E-state index contributed by atoms with van der Waals surface area (Å²) < 4.78 is 10.6. The summed E-state index contributed by atoms with van der Waals surface area (Å²) in [6.45, 7) is 0. The van der Waals surface area contributed by atoms with Crippen LogP contribution in [0.3, 0.4) is 0 Å². The van der Waals surface area contributed by atoms with Gasteiger partial charge >= 0.3 is 0 Å². The van der Waals surface area contributed by atoms with Crippen molar-refractivity contribution in [3.05, 3.63) is 88.2 Å². The molecule has 0 atom stereocenters. The van der Waals surface area contributed by atoms with E-state index in [4.69, 9.17) is 21.1 Å². The summed E-state index contributed by atoms with van der Waals surface area (Å²) in [5.74, 6) is 1.80. The number of carbonyl (C=O) groups excluding carboxylic acids is 1. The van der Waals surface area contributed by atoms with Gasteiger partial charge in [0.1, 0.15) is 5.82 Å². The summed E-state index contributed by atoms with van der Waals surface area (Å²) in [5, 5.41) is 4.60. The highest BCUT2D eigenvalue weighted by Crippen LogP contribution is 2.28. The van der Waals surface area contributed by atoms with E-state index in [0.717, 1.165) is 28.0 Å². The highest BCUT2D eigenvalue weighted by molar-refractivity contribution is 6.30. The van der Waals surface area contributed by atoms with Crippen LogP contribution in [-0.2, 0) is 6.42 Å². The van der Waals surface area contributed by atoms with E-state index in [1.807, 2.05) is 30.3 Å². The van der Waals surface area contributed by atoms with Gasteiger partial charge in [-0.15, -0.1) is 0 Å². The van der Waals surface area contributed by atoms with Crippen LogP contribution < -0.4 is 14.9 Å². The third kappa shape index (κ3) is 4.90. The van der Waals surface area contributed by atoms with Gasteiger partial charge in [-0.1, -0.05) is 29.8 Å². The minimum Gasteiger partial charge on any atom is -0.493 e. The van der Waals surface area contributed by atoms with Crippen molar-refractivity contribution in [2.75, 3.05) is 14.2 Å². The molecule has 7 nitrogen and oxygen atoms in total. The molecular weight excluding hydrogens is 428 g/mol. The van der Waals surface area contributed by atoms with Crippen molar-refractivity contribution in [1.29, 1.82) is 0 Å². The van der Waals surface area contributed by atoms with Crippen LogP contribution in [0, 0.1) is 0 Å². The van der Waals surface area contributed by atoms with Crippen LogP contribution in [0.25, 0.3) is 11.0 Å². The lowest BCUT2D eigenvalue weighted by atomic mass is 10.1. The third-order valence-corrected chi connectivity index (χ3v) is 5.08. The fourth-order valence-corrected chi connectivity index (χ4v) is 3.49. The maximum atomic E-state index is 12.5. The lowest BCUT2D eigenvalue weighted by Gasteiger charge is -2.08. The predicted octanol–water partition coefficient (Wildman–Crippen LogP) is 4.59. The molecule has 1 aromatic heterocycles. The highest BCUT2D eigenvalue weighted by atomic mass is 35.5. The number of methoxy groups -OCH3 is 2. The van der Waals surface area contributed by atoms with Crippen LogP contribution in [0.4, 0.5) is 0 Å². The van der Waals surface area contributed by atoms with Crippen molar-refractivity contribution in [2.24, 2.45) is 5.10 Å². The van der Waals surface area contributed by atoms with Crippen molar-refractivity contribution in [3.8, 4) is 11.5 Å². The molecule has 0 spiro atoms. The molecule has 32 heavy (non-hydrogen) atoms. The Bertz CT molecular complexity index is 1300. The van der Waals surface area contributed by atoms with Crippen molar-refractivity contribution in [3.63, 3.8) is 0 Å². The SMILES string of the molecule is COc1ccc(Cc2nc3ccc(C(=O)N/N=C\c4cccc(Cl)c4)cc3[nH]2)cc1OC. The third-order valence-electron chi connectivity index (χ3n) is 4.84. The molecule has 3 aromatic carbocycles. The average Bonchev–Trinajstić information content (AvgIpc) is 3.20. The highest BCUT2D eigenvalue weighted by Gasteiger charge is 2.11. The Labute approximate surface area is 190 Å². The lowest BCUT2D eigenvalue weighted by Crippen LogP contribution is -2.17. The van der Waals surface area contributed by atoms with E-state index in [1.54, 1.807) is 50.8 Å². The molecule has 1 amide bonds. The second-order valence-corrected chi connectivity index (χ2v) is 7.47. The van der Waals surface area contributed by atoms with Gasteiger partial charge in [-0.05, 0) is 53.6 Å². The van der Waals surface area contributed by atoms with E-state index in [2.05, 4.69) is 20.5 Å². The Morgan fingerprint density at radius 3 is 2.72 bits per heavy atom. The molecule has 4 aromatic rings. The number of nitrogens with zero attached hydrogens (tertiary/aromatic N) is 2. The fraction of sp³-hybridized carbons (Fsp3) is 0.125. The van der Waals surface area contributed by atoms with E-state index < -0.39 is 0 Å². The monoisotopic (exact) mass is 448 g/mol. The lowest BCUT2D eigenvalue weighted by molar-refractivity contribution is 0.0955. The van der Waals surface area contributed by atoms with E-state index in [-0.39, 0.29) is 5.91 Å². The average molecular weight is 449 g/mol.